The summed E-state index contributed by atoms with van der Waals surface area (Å²) in [5, 5.41) is 0. The number of nitrogens with zero attached hydrogens (tertiary/aromatic N) is 2. The molecule has 0 unspecified atom stereocenters. The van der Waals surface area contributed by atoms with Gasteiger partial charge >= 0.3 is 0 Å². The van der Waals surface area contributed by atoms with Gasteiger partial charge in [0.2, 0.25) is 0 Å². The third-order valence-electron chi connectivity index (χ3n) is 8.41. The van der Waals surface area contributed by atoms with Gasteiger partial charge in [-0.05, 0) is 37.7 Å². The predicted octanol–water partition coefficient (Wildman–Crippen LogP) is 11.8. The van der Waals surface area contributed by atoms with Crippen molar-refractivity contribution in [1.82, 2.24) is 9.55 Å². The Morgan fingerprint density at radius 1 is 0.487 bits per heavy atom. The maximum atomic E-state index is 5.11. The van der Waals surface area contributed by atoms with Crippen LogP contribution in [0.5, 0.6) is 0 Å². The van der Waals surface area contributed by atoms with Crippen LogP contribution in [0, 0.1) is 0 Å². The number of rotatable bonds is 27. The Kier molecular flexibility index (Phi) is 20.9. The molecule has 2 nitrogen and oxygen atoms in total. The lowest BCUT2D eigenvalue weighted by molar-refractivity contribution is 0.523. The average Bonchev–Trinajstić information content (AvgIpc) is 3.34. The summed E-state index contributed by atoms with van der Waals surface area (Å²) < 4.78 is 2.50. The number of imidazole rings is 1. The van der Waals surface area contributed by atoms with E-state index in [1.54, 1.807) is 0 Å². The van der Waals surface area contributed by atoms with Gasteiger partial charge in [-0.3, -0.25) is 0 Å². The van der Waals surface area contributed by atoms with Gasteiger partial charge in [0.25, 0.3) is 0 Å². The molecule has 39 heavy (non-hydrogen) atoms. The molecule has 1 heterocycles. The summed E-state index contributed by atoms with van der Waals surface area (Å²) in [5.74, 6) is 1.35. The van der Waals surface area contributed by atoms with Crippen LogP contribution in [0.3, 0.4) is 0 Å². The van der Waals surface area contributed by atoms with E-state index in [-0.39, 0.29) is 0 Å². The number of aryl methyl sites for hydroxylation is 4. The summed E-state index contributed by atoms with van der Waals surface area (Å²) in [4.78, 5) is 5.11. The second-order valence-electron chi connectivity index (χ2n) is 12.1. The summed E-state index contributed by atoms with van der Waals surface area (Å²) in [6.45, 7) is 5.75. The van der Waals surface area contributed by atoms with Crippen molar-refractivity contribution >= 4 is 0 Å². The maximum Gasteiger partial charge on any atom is 0.108 e. The second-order valence-corrected chi connectivity index (χ2v) is 12.1. The van der Waals surface area contributed by atoms with Crippen LogP contribution in [0.2, 0.25) is 0 Å². The number of benzene rings is 1. The van der Waals surface area contributed by atoms with Crippen molar-refractivity contribution in [3.05, 3.63) is 53.6 Å². The first kappa shape index (κ1) is 33.6. The molecule has 0 spiro atoms. The third kappa shape index (κ3) is 17.7. The Bertz CT molecular complexity index is 778. The van der Waals surface area contributed by atoms with Crippen molar-refractivity contribution in [2.45, 2.75) is 181 Å². The topological polar surface area (TPSA) is 17.8 Å². The highest BCUT2D eigenvalue weighted by Crippen LogP contribution is 2.16. The van der Waals surface area contributed by atoms with Crippen LogP contribution in [0.4, 0.5) is 0 Å². The van der Waals surface area contributed by atoms with Crippen LogP contribution in [0.1, 0.15) is 172 Å². The first-order valence-electron chi connectivity index (χ1n) is 17.4. The fraction of sp³-hybridized carbons (Fsp3) is 0.757. The molecular weight excluding hydrogens is 472 g/mol. The van der Waals surface area contributed by atoms with E-state index in [1.165, 1.54) is 158 Å². The molecule has 1 aromatic heterocycles. The largest absolute Gasteiger partial charge is 0.335 e. The highest BCUT2D eigenvalue weighted by molar-refractivity contribution is 5.15. The Balaban J connectivity index is 1.52. The Morgan fingerprint density at radius 3 is 1.51 bits per heavy atom. The molecule has 0 fully saturated rings. The maximum absolute atomic E-state index is 5.11. The zero-order valence-corrected chi connectivity index (χ0v) is 26.2. The molecule has 222 valence electrons. The average molecular weight is 537 g/mol. The molecule has 2 rings (SSSR count). The minimum atomic E-state index is 1.10. The molecule has 1 aromatic carbocycles. The van der Waals surface area contributed by atoms with Gasteiger partial charge in [-0.2, -0.15) is 0 Å². The summed E-state index contributed by atoms with van der Waals surface area (Å²) in [6.07, 6.45) is 36.6. The van der Waals surface area contributed by atoms with Crippen LogP contribution in [-0.4, -0.2) is 9.55 Å². The van der Waals surface area contributed by atoms with Gasteiger partial charge in [-0.1, -0.05) is 166 Å². The molecule has 0 aliphatic carbocycles. The summed E-state index contributed by atoms with van der Waals surface area (Å²) >= 11 is 0. The minimum Gasteiger partial charge on any atom is -0.335 e. The van der Waals surface area contributed by atoms with E-state index in [2.05, 4.69) is 54.9 Å². The van der Waals surface area contributed by atoms with Gasteiger partial charge in [0.05, 0.1) is 5.69 Å². The number of hydrogen-bond acceptors (Lipinski definition) is 1. The highest BCUT2D eigenvalue weighted by atomic mass is 15.1. The van der Waals surface area contributed by atoms with Gasteiger partial charge in [0.1, 0.15) is 5.82 Å². The number of hydrogen-bond donors (Lipinski definition) is 0. The zero-order valence-electron chi connectivity index (χ0n) is 26.2. The summed E-state index contributed by atoms with van der Waals surface area (Å²) in [7, 11) is 0. The van der Waals surface area contributed by atoms with Crippen LogP contribution in [0.15, 0.2) is 36.5 Å². The molecular formula is C37H64N2. The molecule has 0 saturated carbocycles. The van der Waals surface area contributed by atoms with Crippen molar-refractivity contribution in [2.75, 3.05) is 0 Å². The molecule has 0 N–H and O–H groups in total. The van der Waals surface area contributed by atoms with E-state index in [4.69, 9.17) is 4.98 Å². The highest BCUT2D eigenvalue weighted by Gasteiger charge is 2.08. The SMILES string of the molecule is CCCCCCCCCCCCCCCCCCCc1nc(CCCc2ccccc2)cn1CCCCCC. The van der Waals surface area contributed by atoms with Gasteiger partial charge in [0, 0.05) is 19.2 Å². The van der Waals surface area contributed by atoms with Crippen LogP contribution >= 0.6 is 0 Å². The van der Waals surface area contributed by atoms with Crippen molar-refractivity contribution < 1.29 is 0 Å². The monoisotopic (exact) mass is 537 g/mol. The molecule has 0 aliphatic heterocycles. The lowest BCUT2D eigenvalue weighted by Crippen LogP contribution is -2.03. The molecule has 0 atom stereocenters. The van der Waals surface area contributed by atoms with Crippen molar-refractivity contribution in [2.24, 2.45) is 0 Å². The normalized spacial score (nSPS) is 11.4. The van der Waals surface area contributed by atoms with Crippen molar-refractivity contribution in [1.29, 1.82) is 0 Å². The van der Waals surface area contributed by atoms with Crippen molar-refractivity contribution in [3.63, 3.8) is 0 Å². The van der Waals surface area contributed by atoms with E-state index < -0.39 is 0 Å². The fourth-order valence-corrected chi connectivity index (χ4v) is 5.86. The molecule has 2 aromatic rings. The van der Waals surface area contributed by atoms with Crippen LogP contribution < -0.4 is 0 Å². The molecule has 2 heteroatoms. The lowest BCUT2D eigenvalue weighted by atomic mass is 10.0. The molecule has 0 aliphatic rings. The molecule has 0 bridgehead atoms. The smallest absolute Gasteiger partial charge is 0.108 e. The number of unbranched alkanes of at least 4 members (excludes halogenated alkanes) is 19. The summed E-state index contributed by atoms with van der Waals surface area (Å²) in [5.41, 5.74) is 2.75. The van der Waals surface area contributed by atoms with Gasteiger partial charge in [0.15, 0.2) is 0 Å². The Morgan fingerprint density at radius 2 is 0.974 bits per heavy atom. The first-order chi connectivity index (χ1) is 19.3. The van der Waals surface area contributed by atoms with E-state index in [0.29, 0.717) is 0 Å². The quantitative estimate of drug-likeness (QED) is 0.104. The fourth-order valence-electron chi connectivity index (χ4n) is 5.86. The second kappa shape index (κ2) is 24.2. The molecule has 0 saturated heterocycles. The molecule has 0 amide bonds. The molecule has 0 radical (unpaired) electrons. The number of aromatic nitrogens is 2. The van der Waals surface area contributed by atoms with E-state index in [9.17, 15) is 0 Å². The zero-order chi connectivity index (χ0) is 27.6. The minimum absolute atomic E-state index is 1.10. The lowest BCUT2D eigenvalue weighted by Gasteiger charge is -2.08. The Labute approximate surface area is 243 Å². The van der Waals surface area contributed by atoms with Gasteiger partial charge in [-0.25, -0.2) is 4.98 Å². The summed E-state index contributed by atoms with van der Waals surface area (Å²) in [6, 6.07) is 10.9. The van der Waals surface area contributed by atoms with E-state index in [0.717, 1.165) is 25.8 Å². The first-order valence-corrected chi connectivity index (χ1v) is 17.4. The van der Waals surface area contributed by atoms with Gasteiger partial charge in [-0.15, -0.1) is 0 Å². The van der Waals surface area contributed by atoms with Crippen molar-refractivity contribution in [3.8, 4) is 0 Å². The standard InChI is InChI=1S/C37H64N2/c1-3-5-7-9-10-11-12-13-14-15-16-17-18-19-20-21-25-32-37-38-36(34-39(37)33-26-8-6-4-2)31-27-30-35-28-23-22-24-29-35/h22-24,28-29,34H,3-21,25-27,30-33H2,1-2H3. The van der Waals surface area contributed by atoms with E-state index >= 15 is 0 Å². The third-order valence-corrected chi connectivity index (χ3v) is 8.41. The predicted molar refractivity (Wildman–Crippen MR) is 173 cm³/mol. The van der Waals surface area contributed by atoms with Crippen LogP contribution in [-0.2, 0) is 25.8 Å². The van der Waals surface area contributed by atoms with E-state index in [1.807, 2.05) is 0 Å². The Hall–Kier alpha value is -1.57. The van der Waals surface area contributed by atoms with Gasteiger partial charge < -0.3 is 4.57 Å². The van der Waals surface area contributed by atoms with Crippen LogP contribution in [0.25, 0.3) is 0 Å².